The van der Waals surface area contributed by atoms with Gasteiger partial charge in [0.1, 0.15) is 5.82 Å². The zero-order valence-electron chi connectivity index (χ0n) is 15.9. The largest absolute Gasteiger partial charge is 0.491 e. The van der Waals surface area contributed by atoms with E-state index >= 15 is 0 Å². The third kappa shape index (κ3) is 3.96. The van der Waals surface area contributed by atoms with Crippen molar-refractivity contribution in [3.05, 3.63) is 88.1 Å². The fourth-order valence-corrected chi connectivity index (χ4v) is 2.97. The minimum atomic E-state index is -0.394. The number of aromatic nitrogens is 1. The summed E-state index contributed by atoms with van der Waals surface area (Å²) >= 11 is 0. The Morgan fingerprint density at radius 1 is 1.11 bits per heavy atom. The fourth-order valence-electron chi connectivity index (χ4n) is 2.97. The average Bonchev–Trinajstić information content (AvgIpc) is 2.70. The molecular weight excluding hydrogens is 359 g/mol. The quantitative estimate of drug-likeness (QED) is 0.734. The summed E-state index contributed by atoms with van der Waals surface area (Å²) in [6.07, 6.45) is 1.53. The average molecular weight is 380 g/mol. The highest BCUT2D eigenvalue weighted by Gasteiger charge is 2.18. The molecule has 1 amide bonds. The van der Waals surface area contributed by atoms with Gasteiger partial charge in [0.25, 0.3) is 11.5 Å². The molecule has 0 saturated heterocycles. The van der Waals surface area contributed by atoms with Gasteiger partial charge in [-0.3, -0.25) is 9.59 Å². The molecule has 28 heavy (non-hydrogen) atoms. The lowest BCUT2D eigenvalue weighted by Crippen LogP contribution is -2.29. The van der Waals surface area contributed by atoms with E-state index in [9.17, 15) is 14.0 Å². The Labute approximate surface area is 162 Å². The van der Waals surface area contributed by atoms with Gasteiger partial charge in [-0.2, -0.15) is 0 Å². The Balaban J connectivity index is 1.84. The lowest BCUT2D eigenvalue weighted by molar-refractivity contribution is 0.0936. The number of carbonyl (C=O) groups excluding carboxylic acids is 1. The van der Waals surface area contributed by atoms with Gasteiger partial charge in [0.05, 0.1) is 18.7 Å². The summed E-state index contributed by atoms with van der Waals surface area (Å²) in [4.78, 5) is 24.8. The van der Waals surface area contributed by atoms with Crippen molar-refractivity contribution in [1.29, 1.82) is 0 Å². The molecule has 1 atom stereocenters. The first-order valence-corrected chi connectivity index (χ1v) is 8.81. The van der Waals surface area contributed by atoms with Crippen LogP contribution in [0.4, 0.5) is 4.39 Å². The SMILES string of the molecule is COc1c(C(=O)NC(C)c2cccc(-c3ccc(F)cc3)c2)ccn(C)c1=O. The summed E-state index contributed by atoms with van der Waals surface area (Å²) in [5.74, 6) is -0.674. The zero-order valence-corrected chi connectivity index (χ0v) is 15.9. The molecule has 0 radical (unpaired) electrons. The van der Waals surface area contributed by atoms with Gasteiger partial charge in [-0.25, -0.2) is 4.39 Å². The number of hydrogen-bond acceptors (Lipinski definition) is 3. The van der Waals surface area contributed by atoms with Crippen molar-refractivity contribution in [3.8, 4) is 16.9 Å². The van der Waals surface area contributed by atoms with Gasteiger partial charge in [-0.05, 0) is 47.9 Å². The Bertz CT molecular complexity index is 1060. The minimum Gasteiger partial charge on any atom is -0.491 e. The molecule has 6 heteroatoms. The van der Waals surface area contributed by atoms with E-state index in [0.29, 0.717) is 0 Å². The first-order valence-electron chi connectivity index (χ1n) is 8.81. The Morgan fingerprint density at radius 2 is 1.82 bits per heavy atom. The van der Waals surface area contributed by atoms with Crippen LogP contribution < -0.4 is 15.6 Å². The molecule has 3 rings (SSSR count). The first-order chi connectivity index (χ1) is 13.4. The number of rotatable bonds is 5. The molecule has 2 aromatic carbocycles. The van der Waals surface area contributed by atoms with Crippen molar-refractivity contribution in [2.45, 2.75) is 13.0 Å². The van der Waals surface area contributed by atoms with Gasteiger partial charge in [0.15, 0.2) is 5.75 Å². The second kappa shape index (κ2) is 8.08. The smallest absolute Gasteiger partial charge is 0.293 e. The molecular formula is C22H21FN2O3. The van der Waals surface area contributed by atoms with Crippen molar-refractivity contribution in [3.63, 3.8) is 0 Å². The third-order valence-corrected chi connectivity index (χ3v) is 4.58. The molecule has 0 bridgehead atoms. The van der Waals surface area contributed by atoms with Crippen molar-refractivity contribution in [1.82, 2.24) is 9.88 Å². The molecule has 1 aromatic heterocycles. The topological polar surface area (TPSA) is 60.3 Å². The number of carbonyl (C=O) groups is 1. The molecule has 0 aliphatic heterocycles. The van der Waals surface area contributed by atoms with Gasteiger partial charge >= 0.3 is 0 Å². The van der Waals surface area contributed by atoms with Gasteiger partial charge in [0, 0.05) is 13.2 Å². The zero-order chi connectivity index (χ0) is 20.3. The van der Waals surface area contributed by atoms with Crippen LogP contribution in [0.5, 0.6) is 5.75 Å². The summed E-state index contributed by atoms with van der Waals surface area (Å²) in [5.41, 5.74) is 2.51. The van der Waals surface area contributed by atoms with Crippen molar-refractivity contribution < 1.29 is 13.9 Å². The molecule has 1 heterocycles. The predicted octanol–water partition coefficient (Wildman–Crippen LogP) is 3.69. The van der Waals surface area contributed by atoms with Gasteiger partial charge in [-0.15, -0.1) is 0 Å². The van der Waals surface area contributed by atoms with Crippen molar-refractivity contribution in [2.24, 2.45) is 7.05 Å². The highest BCUT2D eigenvalue weighted by molar-refractivity contribution is 5.97. The number of nitrogens with one attached hydrogen (secondary N) is 1. The molecule has 0 fully saturated rings. The maximum atomic E-state index is 13.1. The molecule has 1 N–H and O–H groups in total. The molecule has 3 aromatic rings. The molecule has 0 aliphatic rings. The third-order valence-electron chi connectivity index (χ3n) is 4.58. The summed E-state index contributed by atoms with van der Waals surface area (Å²) in [5, 5.41) is 2.89. The van der Waals surface area contributed by atoms with Crippen LogP contribution in [-0.2, 0) is 7.05 Å². The number of benzene rings is 2. The lowest BCUT2D eigenvalue weighted by atomic mass is 10.00. The number of ether oxygens (including phenoxy) is 1. The number of nitrogens with zero attached hydrogens (tertiary/aromatic N) is 1. The number of halogens is 1. The van der Waals surface area contributed by atoms with Crippen LogP contribution in [0.25, 0.3) is 11.1 Å². The van der Waals surface area contributed by atoms with Gasteiger partial charge in [-0.1, -0.05) is 30.3 Å². The van der Waals surface area contributed by atoms with Crippen LogP contribution >= 0.6 is 0 Å². The fraction of sp³-hybridized carbons (Fsp3) is 0.182. The summed E-state index contributed by atoms with van der Waals surface area (Å²) in [6, 6.07) is 15.2. The monoisotopic (exact) mass is 380 g/mol. The second-order valence-electron chi connectivity index (χ2n) is 6.51. The Kier molecular flexibility index (Phi) is 5.59. The lowest BCUT2D eigenvalue weighted by Gasteiger charge is -2.17. The standard InChI is InChI=1S/C22H21FN2O3/c1-14(24-21(26)19-11-12-25(2)22(27)20(19)28-3)16-5-4-6-17(13-16)15-7-9-18(23)10-8-15/h4-14H,1-3H3,(H,24,26). The number of hydrogen-bond donors (Lipinski definition) is 1. The first kappa shape index (κ1) is 19.4. The molecule has 0 saturated carbocycles. The number of amides is 1. The van der Waals surface area contributed by atoms with E-state index in [4.69, 9.17) is 4.74 Å². The van der Waals surface area contributed by atoms with Crippen LogP contribution in [0, 0.1) is 5.82 Å². The molecule has 0 aliphatic carbocycles. The van der Waals surface area contributed by atoms with E-state index in [0.717, 1.165) is 16.7 Å². The normalized spacial score (nSPS) is 11.7. The van der Waals surface area contributed by atoms with E-state index in [2.05, 4.69) is 5.32 Å². The van der Waals surface area contributed by atoms with E-state index in [1.165, 1.54) is 30.0 Å². The van der Waals surface area contributed by atoms with E-state index in [-0.39, 0.29) is 28.7 Å². The van der Waals surface area contributed by atoms with Gasteiger partial charge < -0.3 is 14.6 Å². The van der Waals surface area contributed by atoms with E-state index < -0.39 is 5.91 Å². The van der Waals surface area contributed by atoms with Crippen molar-refractivity contribution in [2.75, 3.05) is 7.11 Å². The molecule has 144 valence electrons. The van der Waals surface area contributed by atoms with Crippen LogP contribution in [0.15, 0.2) is 65.6 Å². The van der Waals surface area contributed by atoms with Crippen LogP contribution in [0.3, 0.4) is 0 Å². The molecule has 1 unspecified atom stereocenters. The van der Waals surface area contributed by atoms with Gasteiger partial charge in [0.2, 0.25) is 0 Å². The molecule has 5 nitrogen and oxygen atoms in total. The summed E-state index contributed by atoms with van der Waals surface area (Å²) < 4.78 is 19.6. The highest BCUT2D eigenvalue weighted by atomic mass is 19.1. The maximum Gasteiger partial charge on any atom is 0.293 e. The predicted molar refractivity (Wildman–Crippen MR) is 106 cm³/mol. The maximum absolute atomic E-state index is 13.1. The summed E-state index contributed by atoms with van der Waals surface area (Å²) in [7, 11) is 2.96. The van der Waals surface area contributed by atoms with E-state index in [1.807, 2.05) is 31.2 Å². The highest BCUT2D eigenvalue weighted by Crippen LogP contribution is 2.24. The van der Waals surface area contributed by atoms with E-state index in [1.54, 1.807) is 25.2 Å². The number of pyridine rings is 1. The minimum absolute atomic E-state index is 0.00904. The number of methoxy groups -OCH3 is 1. The number of aryl methyl sites for hydroxylation is 1. The Hall–Kier alpha value is -3.41. The van der Waals surface area contributed by atoms with Crippen LogP contribution in [0.1, 0.15) is 28.9 Å². The van der Waals surface area contributed by atoms with Crippen molar-refractivity contribution >= 4 is 5.91 Å². The molecule has 0 spiro atoms. The summed E-state index contributed by atoms with van der Waals surface area (Å²) in [6.45, 7) is 1.86. The van der Waals surface area contributed by atoms with Crippen LogP contribution in [-0.4, -0.2) is 17.6 Å². The van der Waals surface area contributed by atoms with Crippen LogP contribution in [0.2, 0.25) is 0 Å². The Morgan fingerprint density at radius 3 is 2.50 bits per heavy atom. The second-order valence-corrected chi connectivity index (χ2v) is 6.51.